The van der Waals surface area contributed by atoms with Crippen LogP contribution in [0.5, 0.6) is 5.75 Å². The molecule has 0 aromatic heterocycles. The molecule has 0 radical (unpaired) electrons. The number of unbranched alkanes of at least 4 members (excludes halogenated alkanes) is 1. The molecule has 166 valence electrons. The molecule has 1 aromatic rings. The molecule has 1 saturated carbocycles. The Kier molecular flexibility index (Phi) is 7.66. The van der Waals surface area contributed by atoms with E-state index in [2.05, 4.69) is 35.3 Å². The molecule has 1 atom stereocenters. The molecule has 0 spiro atoms. The number of amides is 2. The molecule has 30 heavy (non-hydrogen) atoms. The summed E-state index contributed by atoms with van der Waals surface area (Å²) in [6.07, 6.45) is 6.11. The zero-order valence-electron chi connectivity index (χ0n) is 17.9. The van der Waals surface area contributed by atoms with E-state index in [0.717, 1.165) is 31.5 Å². The van der Waals surface area contributed by atoms with Gasteiger partial charge in [-0.05, 0) is 70.5 Å². The number of carbonyl (C=O) groups excluding carboxylic acids is 2. The van der Waals surface area contributed by atoms with Gasteiger partial charge in [-0.15, -0.1) is 0 Å². The topological polar surface area (TPSA) is 91.5 Å². The lowest BCUT2D eigenvalue weighted by molar-refractivity contribution is -0.134. The summed E-state index contributed by atoms with van der Waals surface area (Å²) in [6, 6.07) is 4.52. The van der Waals surface area contributed by atoms with E-state index in [-0.39, 0.29) is 35.0 Å². The number of rotatable bonds is 12. The van der Waals surface area contributed by atoms with Crippen molar-refractivity contribution >= 4 is 17.5 Å². The number of ether oxygens (including phenoxy) is 1. The molecule has 1 saturated heterocycles. The summed E-state index contributed by atoms with van der Waals surface area (Å²) in [5.74, 6) is 0.0934. The van der Waals surface area contributed by atoms with Crippen molar-refractivity contribution in [3.8, 4) is 5.75 Å². The molecule has 1 unspecified atom stereocenters. The highest BCUT2D eigenvalue weighted by Gasteiger charge is 2.26. The lowest BCUT2D eigenvalue weighted by Crippen LogP contribution is -2.50. The summed E-state index contributed by atoms with van der Waals surface area (Å²) >= 11 is 0. The molecule has 0 bridgehead atoms. The second kappa shape index (κ2) is 10.2. The number of halogens is 1. The highest BCUT2D eigenvalue weighted by molar-refractivity contribution is 6.00. The Morgan fingerprint density at radius 1 is 1.20 bits per heavy atom. The minimum atomic E-state index is -0.344. The van der Waals surface area contributed by atoms with E-state index in [0.29, 0.717) is 25.4 Å². The van der Waals surface area contributed by atoms with Gasteiger partial charge >= 0.3 is 0 Å². The Morgan fingerprint density at radius 3 is 2.73 bits per heavy atom. The van der Waals surface area contributed by atoms with E-state index < -0.39 is 0 Å². The zero-order valence-corrected chi connectivity index (χ0v) is 17.9. The van der Waals surface area contributed by atoms with Crippen LogP contribution in [0.1, 0.15) is 58.8 Å². The lowest BCUT2D eigenvalue weighted by Gasteiger charge is -2.27. The third-order valence-electron chi connectivity index (χ3n) is 5.51. The molecule has 1 heterocycles. The summed E-state index contributed by atoms with van der Waals surface area (Å²) < 4.78 is 19.5. The highest BCUT2D eigenvalue weighted by atomic mass is 19.1. The maximum Gasteiger partial charge on any atom is 0.243 e. The Labute approximate surface area is 177 Å². The fourth-order valence-electron chi connectivity index (χ4n) is 3.34. The van der Waals surface area contributed by atoms with E-state index in [4.69, 9.17) is 4.74 Å². The smallest absolute Gasteiger partial charge is 0.243 e. The average Bonchev–Trinajstić information content (AvgIpc) is 3.52. The summed E-state index contributed by atoms with van der Waals surface area (Å²) in [6.45, 7) is 5.50. The van der Waals surface area contributed by atoms with Crippen molar-refractivity contribution in [1.29, 1.82) is 0 Å². The highest BCUT2D eigenvalue weighted by Crippen LogP contribution is 2.31. The summed E-state index contributed by atoms with van der Waals surface area (Å²) in [7, 11) is 0. The molecule has 8 heteroatoms. The van der Waals surface area contributed by atoms with Gasteiger partial charge in [-0.2, -0.15) is 0 Å². The molecule has 2 fully saturated rings. The van der Waals surface area contributed by atoms with Gasteiger partial charge in [-0.25, -0.2) is 9.82 Å². The van der Waals surface area contributed by atoms with Gasteiger partial charge in [0.15, 0.2) is 11.6 Å². The Balaban J connectivity index is 1.34. The van der Waals surface area contributed by atoms with E-state index in [9.17, 15) is 14.0 Å². The van der Waals surface area contributed by atoms with Gasteiger partial charge in [0.25, 0.3) is 0 Å². The molecular formula is C22H33FN4O3. The number of carbonyl (C=O) groups is 2. The number of hydrazine groups is 1. The van der Waals surface area contributed by atoms with Gasteiger partial charge in [0, 0.05) is 18.0 Å². The first kappa shape index (κ1) is 22.5. The third-order valence-corrected chi connectivity index (χ3v) is 5.51. The van der Waals surface area contributed by atoms with Gasteiger partial charge in [-0.1, -0.05) is 6.42 Å². The predicted molar refractivity (Wildman–Crippen MR) is 113 cm³/mol. The molecule has 4 N–H and O–H groups in total. The van der Waals surface area contributed by atoms with Crippen LogP contribution in [0, 0.1) is 11.7 Å². The molecule has 3 rings (SSSR count). The lowest BCUT2D eigenvalue weighted by atomic mass is 9.98. The van der Waals surface area contributed by atoms with E-state index in [1.807, 2.05) is 0 Å². The Hall–Kier alpha value is -2.19. The number of imide groups is 1. The van der Waals surface area contributed by atoms with Gasteiger partial charge in [-0.3, -0.25) is 14.9 Å². The molecule has 7 nitrogen and oxygen atoms in total. The number of benzene rings is 1. The van der Waals surface area contributed by atoms with Crippen molar-refractivity contribution in [3.05, 3.63) is 24.0 Å². The van der Waals surface area contributed by atoms with Crippen LogP contribution in [0.2, 0.25) is 0 Å². The number of hydrogen-bond donors (Lipinski definition) is 4. The maximum atomic E-state index is 13.9. The van der Waals surface area contributed by atoms with Crippen molar-refractivity contribution in [2.45, 2.75) is 70.4 Å². The van der Waals surface area contributed by atoms with Crippen molar-refractivity contribution in [3.63, 3.8) is 0 Å². The van der Waals surface area contributed by atoms with E-state index >= 15 is 0 Å². The first-order valence-corrected chi connectivity index (χ1v) is 10.8. The maximum absolute atomic E-state index is 13.9. The van der Waals surface area contributed by atoms with Crippen molar-refractivity contribution in [1.82, 2.24) is 16.1 Å². The van der Waals surface area contributed by atoms with Gasteiger partial charge in [0.2, 0.25) is 11.8 Å². The summed E-state index contributed by atoms with van der Waals surface area (Å²) in [4.78, 5) is 22.9. The minimum absolute atomic E-state index is 0.169. The number of piperidine rings is 1. The first-order valence-electron chi connectivity index (χ1n) is 10.8. The molecule has 2 amide bonds. The van der Waals surface area contributed by atoms with Crippen LogP contribution in [0.4, 0.5) is 10.1 Å². The molecule has 1 aromatic carbocycles. The fraction of sp³-hybridized carbons (Fsp3) is 0.636. The van der Waals surface area contributed by atoms with E-state index in [1.165, 1.54) is 18.9 Å². The van der Waals surface area contributed by atoms with Gasteiger partial charge in [0.05, 0.1) is 18.3 Å². The SMILES string of the molecule is CC(C)(CCCCNC1CCC(=O)NC1=O)NNc1ccc(F)c(OCC2CC2)c1. The standard InChI is InChI=1S/C22H33FN4O3/c1-22(2,11-3-4-12-24-18-9-10-20(28)25-21(18)29)27-26-16-7-8-17(23)19(13-16)30-14-15-5-6-15/h7-8,13,15,18,24,26-27H,3-6,9-12,14H2,1-2H3,(H,25,28,29). The largest absolute Gasteiger partial charge is 0.490 e. The second-order valence-electron chi connectivity index (χ2n) is 8.95. The predicted octanol–water partition coefficient (Wildman–Crippen LogP) is 2.87. The molecule has 2 aliphatic rings. The number of nitrogens with one attached hydrogen (secondary N) is 4. The van der Waals surface area contributed by atoms with E-state index in [1.54, 1.807) is 12.1 Å². The van der Waals surface area contributed by atoms with Crippen LogP contribution >= 0.6 is 0 Å². The van der Waals surface area contributed by atoms with Crippen LogP contribution in [-0.2, 0) is 9.59 Å². The first-order chi connectivity index (χ1) is 14.3. The number of hydrogen-bond acceptors (Lipinski definition) is 6. The van der Waals surface area contributed by atoms with Gasteiger partial charge in [0.1, 0.15) is 0 Å². The van der Waals surface area contributed by atoms with Gasteiger partial charge < -0.3 is 15.5 Å². The van der Waals surface area contributed by atoms with Crippen molar-refractivity contribution in [2.24, 2.45) is 5.92 Å². The molecule has 1 aliphatic heterocycles. The van der Waals surface area contributed by atoms with Crippen molar-refractivity contribution in [2.75, 3.05) is 18.6 Å². The minimum Gasteiger partial charge on any atom is -0.490 e. The van der Waals surface area contributed by atoms with Crippen LogP contribution < -0.4 is 26.2 Å². The molecule has 1 aliphatic carbocycles. The fourth-order valence-corrected chi connectivity index (χ4v) is 3.34. The Morgan fingerprint density at radius 2 is 2.00 bits per heavy atom. The van der Waals surface area contributed by atoms with Crippen LogP contribution in [-0.4, -0.2) is 36.5 Å². The van der Waals surface area contributed by atoms with Crippen LogP contribution in [0.25, 0.3) is 0 Å². The number of anilines is 1. The summed E-state index contributed by atoms with van der Waals surface area (Å²) in [5.41, 5.74) is 7.05. The zero-order chi connectivity index (χ0) is 21.6. The van der Waals surface area contributed by atoms with Crippen LogP contribution in [0.15, 0.2) is 18.2 Å². The monoisotopic (exact) mass is 420 g/mol. The summed E-state index contributed by atoms with van der Waals surface area (Å²) in [5, 5.41) is 5.58. The normalized spacial score (nSPS) is 19.5. The Bertz CT molecular complexity index is 752. The van der Waals surface area contributed by atoms with Crippen LogP contribution in [0.3, 0.4) is 0 Å². The second-order valence-corrected chi connectivity index (χ2v) is 8.95. The van der Waals surface area contributed by atoms with Crippen molar-refractivity contribution < 1.29 is 18.7 Å². The molecular weight excluding hydrogens is 387 g/mol. The third kappa shape index (κ3) is 7.25. The average molecular weight is 421 g/mol. The quantitative estimate of drug-likeness (QED) is 0.236.